The molecule has 1 N–H and O–H groups in total. The van der Waals surface area contributed by atoms with E-state index in [-0.39, 0.29) is 37.8 Å². The monoisotopic (exact) mass is 474 g/mol. The first-order valence-electron chi connectivity index (χ1n) is 11.3. The maximum atomic E-state index is 13.4. The van der Waals surface area contributed by atoms with Crippen LogP contribution in [-0.2, 0) is 14.8 Å². The van der Waals surface area contributed by atoms with Crippen LogP contribution in [0.1, 0.15) is 60.8 Å². The Morgan fingerprint density at radius 1 is 1.00 bits per heavy atom. The van der Waals surface area contributed by atoms with E-state index in [9.17, 15) is 26.4 Å². The molecule has 1 aromatic carbocycles. The van der Waals surface area contributed by atoms with E-state index in [2.05, 4.69) is 5.32 Å². The van der Waals surface area contributed by atoms with Crippen molar-refractivity contribution in [2.45, 2.75) is 83.3 Å². The molecule has 32 heavy (non-hydrogen) atoms. The molecule has 1 aromatic rings. The maximum absolute atomic E-state index is 13.4. The van der Waals surface area contributed by atoms with Crippen LogP contribution >= 0.6 is 0 Å². The molecule has 1 aliphatic carbocycles. The first-order chi connectivity index (χ1) is 14.8. The van der Waals surface area contributed by atoms with Crippen LogP contribution in [0, 0.1) is 39.5 Å². The molecule has 1 aliphatic heterocycles. The number of hydrogen-bond donors (Lipinski definition) is 1. The Balaban J connectivity index is 1.63. The van der Waals surface area contributed by atoms with Crippen LogP contribution in [0.3, 0.4) is 0 Å². The number of rotatable bonds is 4. The first-order valence-corrected chi connectivity index (χ1v) is 12.7. The summed E-state index contributed by atoms with van der Waals surface area (Å²) in [5.41, 5.74) is 3.32. The second-order valence-electron chi connectivity index (χ2n) is 9.38. The van der Waals surface area contributed by atoms with Crippen LogP contribution in [0.4, 0.5) is 13.2 Å². The molecule has 2 aliphatic rings. The van der Waals surface area contributed by atoms with Crippen LogP contribution in [0.5, 0.6) is 0 Å². The van der Waals surface area contributed by atoms with Gasteiger partial charge in [-0.25, -0.2) is 8.42 Å². The Morgan fingerprint density at radius 2 is 1.56 bits per heavy atom. The molecule has 180 valence electrons. The molecule has 0 aromatic heterocycles. The summed E-state index contributed by atoms with van der Waals surface area (Å²) < 4.78 is 67.3. The number of carbonyl (C=O) groups excluding carboxylic acids is 1. The standard InChI is InChI=1S/C23H33F3N2O3S/c1-14-12-15(2)17(4)21(16(14)3)32(30,31)28-10-8-18(9-11-28)22(29)27-20-7-5-6-19(13-20)23(24,25)26/h12,18-20H,5-11,13H2,1-4H3,(H,27,29). The fourth-order valence-electron chi connectivity index (χ4n) is 4.99. The predicted octanol–water partition coefficient (Wildman–Crippen LogP) is 4.56. The van der Waals surface area contributed by atoms with Crippen molar-refractivity contribution in [1.82, 2.24) is 9.62 Å². The lowest BCUT2D eigenvalue weighted by Gasteiger charge is -2.34. The number of sulfonamides is 1. The summed E-state index contributed by atoms with van der Waals surface area (Å²) in [6.07, 6.45) is -2.46. The summed E-state index contributed by atoms with van der Waals surface area (Å²) in [5, 5.41) is 2.80. The van der Waals surface area contributed by atoms with Gasteiger partial charge in [0, 0.05) is 25.0 Å². The van der Waals surface area contributed by atoms with E-state index in [1.54, 1.807) is 0 Å². The number of halogens is 3. The molecule has 9 heteroatoms. The molecule has 2 fully saturated rings. The SMILES string of the molecule is Cc1cc(C)c(C)c(S(=O)(=O)N2CCC(C(=O)NC3CCCC(C(F)(F)F)C3)CC2)c1C. The van der Waals surface area contributed by atoms with Gasteiger partial charge in [-0.2, -0.15) is 17.5 Å². The Hall–Kier alpha value is -1.61. The lowest BCUT2D eigenvalue weighted by Crippen LogP contribution is -2.47. The molecular formula is C23H33F3N2O3S. The molecular weight excluding hydrogens is 441 g/mol. The van der Waals surface area contributed by atoms with Crippen molar-refractivity contribution >= 4 is 15.9 Å². The van der Waals surface area contributed by atoms with Gasteiger partial charge >= 0.3 is 6.18 Å². The van der Waals surface area contributed by atoms with E-state index < -0.39 is 28.2 Å². The minimum absolute atomic E-state index is 0.0757. The molecule has 0 radical (unpaired) electrons. The van der Waals surface area contributed by atoms with E-state index in [4.69, 9.17) is 0 Å². The summed E-state index contributed by atoms with van der Waals surface area (Å²) in [4.78, 5) is 13.0. The zero-order valence-electron chi connectivity index (χ0n) is 19.2. The van der Waals surface area contributed by atoms with E-state index in [0.717, 1.165) is 22.3 Å². The Labute approximate surface area is 188 Å². The van der Waals surface area contributed by atoms with E-state index >= 15 is 0 Å². The van der Waals surface area contributed by atoms with Crippen molar-refractivity contribution in [2.75, 3.05) is 13.1 Å². The van der Waals surface area contributed by atoms with Crippen LogP contribution in [0.15, 0.2) is 11.0 Å². The van der Waals surface area contributed by atoms with Gasteiger partial charge < -0.3 is 5.32 Å². The first kappa shape index (κ1) is 25.0. The number of carbonyl (C=O) groups is 1. The molecule has 0 spiro atoms. The smallest absolute Gasteiger partial charge is 0.353 e. The van der Waals surface area contributed by atoms with Gasteiger partial charge in [-0.05, 0) is 82.1 Å². The summed E-state index contributed by atoms with van der Waals surface area (Å²) >= 11 is 0. The van der Waals surface area contributed by atoms with Crippen molar-refractivity contribution in [2.24, 2.45) is 11.8 Å². The Kier molecular flexibility index (Phi) is 7.29. The van der Waals surface area contributed by atoms with Gasteiger partial charge in [-0.3, -0.25) is 4.79 Å². The lowest BCUT2D eigenvalue weighted by atomic mass is 9.84. The minimum Gasteiger partial charge on any atom is -0.353 e. The number of benzene rings is 1. The molecule has 3 rings (SSSR count). The molecule has 1 amide bonds. The summed E-state index contributed by atoms with van der Waals surface area (Å²) in [7, 11) is -3.69. The van der Waals surface area contributed by atoms with E-state index in [1.165, 1.54) is 4.31 Å². The van der Waals surface area contributed by atoms with Crippen molar-refractivity contribution in [3.8, 4) is 0 Å². The third-order valence-corrected chi connectivity index (χ3v) is 9.38. The highest BCUT2D eigenvalue weighted by molar-refractivity contribution is 7.89. The number of hydrogen-bond acceptors (Lipinski definition) is 3. The highest BCUT2D eigenvalue weighted by atomic mass is 32.2. The van der Waals surface area contributed by atoms with Gasteiger partial charge in [0.25, 0.3) is 0 Å². The molecule has 1 heterocycles. The number of amides is 1. The third kappa shape index (κ3) is 5.14. The van der Waals surface area contributed by atoms with E-state index in [1.807, 2.05) is 33.8 Å². The molecule has 0 bridgehead atoms. The second-order valence-corrected chi connectivity index (χ2v) is 11.3. The average Bonchev–Trinajstić information content (AvgIpc) is 2.72. The molecule has 2 unspecified atom stereocenters. The predicted molar refractivity (Wildman–Crippen MR) is 117 cm³/mol. The number of aryl methyl sites for hydroxylation is 2. The largest absolute Gasteiger partial charge is 0.391 e. The molecule has 5 nitrogen and oxygen atoms in total. The van der Waals surface area contributed by atoms with Gasteiger partial charge in [0.05, 0.1) is 10.8 Å². The zero-order valence-corrected chi connectivity index (χ0v) is 20.0. The van der Waals surface area contributed by atoms with Gasteiger partial charge in [-0.15, -0.1) is 0 Å². The zero-order chi connectivity index (χ0) is 23.8. The number of nitrogens with one attached hydrogen (secondary N) is 1. The van der Waals surface area contributed by atoms with Gasteiger partial charge in [0.15, 0.2) is 0 Å². The van der Waals surface area contributed by atoms with Crippen LogP contribution in [0.25, 0.3) is 0 Å². The average molecular weight is 475 g/mol. The summed E-state index contributed by atoms with van der Waals surface area (Å²) in [6, 6.07) is 1.51. The quantitative estimate of drug-likeness (QED) is 0.696. The topological polar surface area (TPSA) is 66.5 Å². The Bertz CT molecular complexity index is 941. The fourth-order valence-corrected chi connectivity index (χ4v) is 7.04. The van der Waals surface area contributed by atoms with Crippen molar-refractivity contribution < 1.29 is 26.4 Å². The fraction of sp³-hybridized carbons (Fsp3) is 0.696. The molecule has 2 atom stereocenters. The number of alkyl halides is 3. The van der Waals surface area contributed by atoms with Crippen molar-refractivity contribution in [3.63, 3.8) is 0 Å². The lowest BCUT2D eigenvalue weighted by molar-refractivity contribution is -0.184. The minimum atomic E-state index is -4.23. The van der Waals surface area contributed by atoms with E-state index in [0.29, 0.717) is 30.6 Å². The van der Waals surface area contributed by atoms with Gasteiger partial charge in [0.1, 0.15) is 0 Å². The number of piperidine rings is 1. The van der Waals surface area contributed by atoms with Gasteiger partial charge in [-0.1, -0.05) is 12.5 Å². The molecule has 1 saturated heterocycles. The third-order valence-electron chi connectivity index (χ3n) is 7.20. The molecule has 1 saturated carbocycles. The van der Waals surface area contributed by atoms with Crippen LogP contribution in [0.2, 0.25) is 0 Å². The maximum Gasteiger partial charge on any atom is 0.391 e. The summed E-state index contributed by atoms with van der Waals surface area (Å²) in [5.74, 6) is -2.00. The highest BCUT2D eigenvalue weighted by Crippen LogP contribution is 2.38. The second kappa shape index (κ2) is 9.33. The van der Waals surface area contributed by atoms with Crippen molar-refractivity contribution in [3.05, 3.63) is 28.3 Å². The highest BCUT2D eigenvalue weighted by Gasteiger charge is 2.43. The summed E-state index contributed by atoms with van der Waals surface area (Å²) in [6.45, 7) is 7.86. The normalized spacial score (nSPS) is 23.8. The Morgan fingerprint density at radius 3 is 2.09 bits per heavy atom. The van der Waals surface area contributed by atoms with Gasteiger partial charge in [0.2, 0.25) is 15.9 Å². The van der Waals surface area contributed by atoms with Crippen LogP contribution < -0.4 is 5.32 Å². The van der Waals surface area contributed by atoms with Crippen LogP contribution in [-0.4, -0.2) is 43.9 Å². The number of nitrogens with zero attached hydrogens (tertiary/aromatic N) is 1. The van der Waals surface area contributed by atoms with Crippen molar-refractivity contribution in [1.29, 1.82) is 0 Å².